The Bertz CT molecular complexity index is 1960. The van der Waals surface area contributed by atoms with Crippen molar-refractivity contribution in [3.05, 3.63) is 105 Å². The molecule has 0 saturated heterocycles. The third kappa shape index (κ3) is 5.76. The second-order valence-corrected chi connectivity index (χ2v) is 14.6. The molecule has 248 valence electrons. The van der Waals surface area contributed by atoms with Crippen LogP contribution in [0.2, 0.25) is 0 Å². The molecule has 48 heavy (non-hydrogen) atoms. The lowest BCUT2D eigenvalue weighted by Gasteiger charge is -2.31. The molecule has 0 fully saturated rings. The highest BCUT2D eigenvalue weighted by atomic mass is 16.5. The van der Waals surface area contributed by atoms with E-state index >= 15 is 0 Å². The van der Waals surface area contributed by atoms with Crippen molar-refractivity contribution in [2.75, 3.05) is 6.54 Å². The minimum Gasteiger partial charge on any atom is -0.456 e. The van der Waals surface area contributed by atoms with E-state index in [2.05, 4.69) is 67.8 Å². The first-order valence-electron chi connectivity index (χ1n) is 17.1. The molecule has 0 saturated carbocycles. The SMILES string of the molecule is CCC[N+]1=C(/C=C/C2=C3Oc4cc(OC(=O)CC(C)(C)C5=C(C)C(=O)C(C)=C(C)C5=O)ccc4C=C3CCC2)C(C)(C)c2ccccc21. The summed E-state index contributed by atoms with van der Waals surface area (Å²) in [5.41, 5.74) is 7.88. The molecular formula is C42H46NO5+. The fourth-order valence-corrected chi connectivity index (χ4v) is 7.72. The van der Waals surface area contributed by atoms with Gasteiger partial charge in [-0.2, -0.15) is 4.58 Å². The quantitative estimate of drug-likeness (QED) is 0.124. The number of ether oxygens (including phenoxy) is 2. The van der Waals surface area contributed by atoms with E-state index in [-0.39, 0.29) is 23.4 Å². The lowest BCUT2D eigenvalue weighted by molar-refractivity contribution is -0.437. The van der Waals surface area contributed by atoms with Gasteiger partial charge in [0.1, 0.15) is 23.8 Å². The van der Waals surface area contributed by atoms with Crippen LogP contribution in [-0.2, 0) is 19.8 Å². The van der Waals surface area contributed by atoms with Crippen molar-refractivity contribution in [2.45, 2.75) is 92.9 Å². The average molecular weight is 645 g/mol. The van der Waals surface area contributed by atoms with Crippen LogP contribution in [0.3, 0.4) is 0 Å². The Morgan fingerprint density at radius 1 is 0.979 bits per heavy atom. The second kappa shape index (κ2) is 12.5. The van der Waals surface area contributed by atoms with Gasteiger partial charge in [-0.3, -0.25) is 14.4 Å². The summed E-state index contributed by atoms with van der Waals surface area (Å²) in [7, 11) is 0. The molecule has 2 aliphatic heterocycles. The number of esters is 1. The minimum atomic E-state index is -0.883. The Morgan fingerprint density at radius 2 is 1.71 bits per heavy atom. The number of carbonyl (C=O) groups excluding carboxylic acids is 3. The van der Waals surface area contributed by atoms with Gasteiger partial charge in [-0.25, -0.2) is 0 Å². The van der Waals surface area contributed by atoms with Crippen LogP contribution in [0.1, 0.15) is 98.6 Å². The number of carbonyl (C=O) groups is 3. The number of hydrogen-bond donors (Lipinski definition) is 0. The number of rotatable bonds is 8. The standard InChI is InChI=1S/C42H46NO5/c1-9-21-43-33-16-11-10-15-32(33)42(7,8)35(43)20-18-28-13-12-14-30-22-29-17-19-31(23-34(29)48-40(28)30)47-36(44)24-41(5,6)37-27(4)38(45)25(2)26(3)39(37)46/h10-11,15-20,22-23H,9,12-14,21,24H2,1-8H3/q+1/b20-18+. The molecule has 0 spiro atoms. The van der Waals surface area contributed by atoms with E-state index in [1.807, 2.05) is 19.9 Å². The molecule has 0 N–H and O–H groups in total. The van der Waals surface area contributed by atoms with E-state index in [4.69, 9.17) is 9.47 Å². The molecule has 0 bridgehead atoms. The number of benzene rings is 2. The summed E-state index contributed by atoms with van der Waals surface area (Å²) in [5, 5.41) is 0. The maximum absolute atomic E-state index is 13.2. The molecule has 0 aromatic heterocycles. The maximum atomic E-state index is 13.2. The van der Waals surface area contributed by atoms with Gasteiger partial charge < -0.3 is 9.47 Å². The summed E-state index contributed by atoms with van der Waals surface area (Å²) in [5.74, 6) is 1.08. The molecule has 0 unspecified atom stereocenters. The zero-order valence-electron chi connectivity index (χ0n) is 29.5. The highest BCUT2D eigenvalue weighted by Gasteiger charge is 2.44. The summed E-state index contributed by atoms with van der Waals surface area (Å²) in [6.45, 7) is 16.4. The normalized spacial score (nSPS) is 19.0. The zero-order valence-corrected chi connectivity index (χ0v) is 29.5. The summed E-state index contributed by atoms with van der Waals surface area (Å²) in [6, 6.07) is 14.2. The second-order valence-electron chi connectivity index (χ2n) is 14.6. The maximum Gasteiger partial charge on any atom is 0.312 e. The van der Waals surface area contributed by atoms with Crippen molar-refractivity contribution in [2.24, 2.45) is 5.41 Å². The lowest BCUT2D eigenvalue weighted by Crippen LogP contribution is -2.32. The Kier molecular flexibility index (Phi) is 8.65. The lowest BCUT2D eigenvalue weighted by atomic mass is 9.71. The first-order valence-corrected chi connectivity index (χ1v) is 17.1. The van der Waals surface area contributed by atoms with Gasteiger partial charge in [0.05, 0.1) is 11.8 Å². The number of Topliss-reactive ketones (excluding diaryl/α,β-unsaturated/α-hetero) is 2. The van der Waals surface area contributed by atoms with Gasteiger partial charge >= 0.3 is 5.97 Å². The van der Waals surface area contributed by atoms with E-state index in [1.165, 1.54) is 22.5 Å². The number of para-hydroxylation sites is 1. The molecule has 2 aromatic rings. The van der Waals surface area contributed by atoms with E-state index in [1.54, 1.807) is 32.9 Å². The fourth-order valence-electron chi connectivity index (χ4n) is 7.72. The van der Waals surface area contributed by atoms with Crippen molar-refractivity contribution in [3.8, 4) is 11.5 Å². The van der Waals surface area contributed by atoms with Gasteiger partial charge in [-0.05, 0) is 89.3 Å². The van der Waals surface area contributed by atoms with Crippen LogP contribution in [0, 0.1) is 5.41 Å². The van der Waals surface area contributed by atoms with Gasteiger partial charge in [0.25, 0.3) is 0 Å². The minimum absolute atomic E-state index is 0.0544. The van der Waals surface area contributed by atoms with Crippen LogP contribution < -0.4 is 9.47 Å². The van der Waals surface area contributed by atoms with Gasteiger partial charge in [-0.15, -0.1) is 0 Å². The zero-order chi connectivity index (χ0) is 34.5. The van der Waals surface area contributed by atoms with Crippen molar-refractivity contribution in [1.29, 1.82) is 0 Å². The van der Waals surface area contributed by atoms with Crippen molar-refractivity contribution >= 4 is 35.0 Å². The number of allylic oxidation sites excluding steroid dienone is 8. The van der Waals surface area contributed by atoms with Crippen LogP contribution >= 0.6 is 0 Å². The van der Waals surface area contributed by atoms with Crippen LogP contribution in [0.15, 0.2) is 93.8 Å². The highest BCUT2D eigenvalue weighted by molar-refractivity contribution is 6.25. The fraction of sp³-hybridized carbons (Fsp3) is 0.381. The molecule has 2 aliphatic carbocycles. The van der Waals surface area contributed by atoms with E-state index in [9.17, 15) is 14.4 Å². The molecule has 6 heteroatoms. The van der Waals surface area contributed by atoms with Crippen LogP contribution in [0.25, 0.3) is 6.08 Å². The predicted molar refractivity (Wildman–Crippen MR) is 190 cm³/mol. The van der Waals surface area contributed by atoms with E-state index in [0.29, 0.717) is 33.8 Å². The van der Waals surface area contributed by atoms with Crippen LogP contribution in [0.5, 0.6) is 11.5 Å². The average Bonchev–Trinajstić information content (AvgIpc) is 3.25. The number of ketones is 2. The molecule has 6 nitrogen and oxygen atoms in total. The van der Waals surface area contributed by atoms with Crippen molar-refractivity contribution < 1.29 is 28.4 Å². The molecule has 6 rings (SSSR count). The van der Waals surface area contributed by atoms with Gasteiger partial charge in [0, 0.05) is 63.5 Å². The summed E-state index contributed by atoms with van der Waals surface area (Å²) >= 11 is 0. The van der Waals surface area contributed by atoms with Crippen molar-refractivity contribution in [1.82, 2.24) is 0 Å². The molecule has 0 atom stereocenters. The third-order valence-electron chi connectivity index (χ3n) is 10.4. The van der Waals surface area contributed by atoms with Crippen LogP contribution in [0.4, 0.5) is 5.69 Å². The van der Waals surface area contributed by atoms with Gasteiger partial charge in [-0.1, -0.05) is 39.0 Å². The smallest absolute Gasteiger partial charge is 0.312 e. The predicted octanol–water partition coefficient (Wildman–Crippen LogP) is 9.07. The van der Waals surface area contributed by atoms with E-state index in [0.717, 1.165) is 49.1 Å². The van der Waals surface area contributed by atoms with E-state index < -0.39 is 11.4 Å². The third-order valence-corrected chi connectivity index (χ3v) is 10.4. The summed E-state index contributed by atoms with van der Waals surface area (Å²) < 4.78 is 14.8. The molecule has 2 heterocycles. The molecule has 4 aliphatic rings. The largest absolute Gasteiger partial charge is 0.456 e. The molecule has 2 aromatic carbocycles. The number of fused-ring (bicyclic) bond motifs is 3. The van der Waals surface area contributed by atoms with Crippen LogP contribution in [-0.4, -0.2) is 34.4 Å². The molecule has 0 radical (unpaired) electrons. The van der Waals surface area contributed by atoms with Gasteiger partial charge in [0.2, 0.25) is 5.69 Å². The first kappa shape index (κ1) is 33.3. The Balaban J connectivity index is 1.24. The monoisotopic (exact) mass is 644 g/mol. The summed E-state index contributed by atoms with van der Waals surface area (Å²) in [4.78, 5) is 39.2. The first-order chi connectivity index (χ1) is 22.7. The summed E-state index contributed by atoms with van der Waals surface area (Å²) in [6.07, 6.45) is 10.6. The molecule has 0 amide bonds. The van der Waals surface area contributed by atoms with Gasteiger partial charge in [0.15, 0.2) is 17.3 Å². The number of nitrogens with zero attached hydrogens (tertiary/aromatic N) is 1. The Labute approximate surface area is 284 Å². The number of hydrogen-bond acceptors (Lipinski definition) is 5. The highest BCUT2D eigenvalue weighted by Crippen LogP contribution is 2.44. The Hall–Kier alpha value is -4.58. The molecular weight excluding hydrogens is 598 g/mol. The van der Waals surface area contributed by atoms with Crippen molar-refractivity contribution in [3.63, 3.8) is 0 Å². The Morgan fingerprint density at radius 3 is 2.46 bits per heavy atom. The topological polar surface area (TPSA) is 72.7 Å².